The summed E-state index contributed by atoms with van der Waals surface area (Å²) in [4.78, 5) is 14.4. The summed E-state index contributed by atoms with van der Waals surface area (Å²) in [7, 11) is 0. The second kappa shape index (κ2) is 9.26. The van der Waals surface area contributed by atoms with Crippen molar-refractivity contribution in [1.29, 1.82) is 0 Å². The second-order valence-corrected chi connectivity index (χ2v) is 7.00. The number of benzene rings is 2. The number of nitrogens with one attached hydrogen (secondary N) is 1. The maximum atomic E-state index is 13.8. The van der Waals surface area contributed by atoms with Crippen LogP contribution >= 0.6 is 11.6 Å². The maximum Gasteiger partial charge on any atom is 0.238 e. The lowest BCUT2D eigenvalue weighted by Crippen LogP contribution is -2.37. The predicted molar refractivity (Wildman–Crippen MR) is 108 cm³/mol. The molecule has 0 saturated carbocycles. The molecule has 0 unspecified atom stereocenters. The van der Waals surface area contributed by atoms with Crippen LogP contribution in [-0.4, -0.2) is 37.1 Å². The molecule has 0 spiro atoms. The van der Waals surface area contributed by atoms with Crippen molar-refractivity contribution in [2.24, 2.45) is 0 Å². The number of fused-ring (bicyclic) bond motifs is 1. The molecule has 1 heterocycles. The lowest BCUT2D eigenvalue weighted by atomic mass is 9.98. The fraction of sp³-hybridized carbons (Fsp3) is 0.381. The van der Waals surface area contributed by atoms with Gasteiger partial charge < -0.3 is 14.8 Å². The minimum Gasteiger partial charge on any atom is -0.490 e. The van der Waals surface area contributed by atoms with Gasteiger partial charge in [-0.3, -0.25) is 9.69 Å². The van der Waals surface area contributed by atoms with Crippen LogP contribution in [0.2, 0.25) is 5.02 Å². The van der Waals surface area contributed by atoms with Crippen molar-refractivity contribution in [3.8, 4) is 11.5 Å². The van der Waals surface area contributed by atoms with E-state index in [1.54, 1.807) is 0 Å². The summed E-state index contributed by atoms with van der Waals surface area (Å²) in [5, 5.41) is 2.97. The van der Waals surface area contributed by atoms with E-state index in [0.717, 1.165) is 30.0 Å². The lowest BCUT2D eigenvalue weighted by molar-refractivity contribution is -0.117. The molecule has 28 heavy (non-hydrogen) atoms. The minimum atomic E-state index is -0.508. The molecule has 0 radical (unpaired) electrons. The van der Waals surface area contributed by atoms with E-state index in [0.29, 0.717) is 24.8 Å². The number of hydrogen-bond acceptors (Lipinski definition) is 4. The Morgan fingerprint density at radius 3 is 2.50 bits per heavy atom. The number of halogens is 2. The summed E-state index contributed by atoms with van der Waals surface area (Å²) in [6.45, 7) is 6.52. The highest BCUT2D eigenvalue weighted by atomic mass is 35.5. The van der Waals surface area contributed by atoms with Gasteiger partial charge in [0.25, 0.3) is 0 Å². The highest BCUT2D eigenvalue weighted by Gasteiger charge is 2.21. The SMILES string of the molecule is CCOc1cc2c(cc1OCC)CN(CC(=O)Nc1cc(Cl)ccc1F)CC2. The summed E-state index contributed by atoms with van der Waals surface area (Å²) in [6.07, 6.45) is 0.806. The zero-order valence-electron chi connectivity index (χ0n) is 16.1. The van der Waals surface area contributed by atoms with Gasteiger partial charge >= 0.3 is 0 Å². The molecule has 1 aliphatic heterocycles. The van der Waals surface area contributed by atoms with Crippen LogP contribution in [0.1, 0.15) is 25.0 Å². The first kappa shape index (κ1) is 20.4. The van der Waals surface area contributed by atoms with Gasteiger partial charge in [-0.25, -0.2) is 4.39 Å². The smallest absolute Gasteiger partial charge is 0.238 e. The number of anilines is 1. The average Bonchev–Trinajstić information content (AvgIpc) is 2.65. The molecule has 150 valence electrons. The van der Waals surface area contributed by atoms with Crippen molar-refractivity contribution in [1.82, 2.24) is 4.90 Å². The number of carbonyl (C=O) groups is 1. The average molecular weight is 407 g/mol. The van der Waals surface area contributed by atoms with Gasteiger partial charge in [0.05, 0.1) is 25.4 Å². The summed E-state index contributed by atoms with van der Waals surface area (Å²) >= 11 is 5.87. The van der Waals surface area contributed by atoms with Gasteiger partial charge in [0, 0.05) is 18.1 Å². The quantitative estimate of drug-likeness (QED) is 0.745. The van der Waals surface area contributed by atoms with E-state index in [9.17, 15) is 9.18 Å². The van der Waals surface area contributed by atoms with Crippen LogP contribution in [0.4, 0.5) is 10.1 Å². The van der Waals surface area contributed by atoms with Gasteiger partial charge in [0.1, 0.15) is 5.82 Å². The summed E-state index contributed by atoms with van der Waals surface area (Å²) in [6, 6.07) is 8.11. The molecule has 0 aliphatic carbocycles. The van der Waals surface area contributed by atoms with Crippen LogP contribution in [0.5, 0.6) is 11.5 Å². The number of ether oxygens (including phenoxy) is 2. The topological polar surface area (TPSA) is 50.8 Å². The zero-order chi connectivity index (χ0) is 20.1. The molecule has 7 heteroatoms. The summed E-state index contributed by atoms with van der Waals surface area (Å²) in [5.41, 5.74) is 2.40. The van der Waals surface area contributed by atoms with E-state index in [-0.39, 0.29) is 18.1 Å². The zero-order valence-corrected chi connectivity index (χ0v) is 16.8. The van der Waals surface area contributed by atoms with Gasteiger partial charge in [-0.15, -0.1) is 0 Å². The van der Waals surface area contributed by atoms with Crippen molar-refractivity contribution in [3.05, 3.63) is 52.3 Å². The van der Waals surface area contributed by atoms with Gasteiger partial charge in [0.15, 0.2) is 11.5 Å². The molecule has 2 aromatic carbocycles. The fourth-order valence-electron chi connectivity index (χ4n) is 3.28. The first-order chi connectivity index (χ1) is 13.5. The number of amides is 1. The molecule has 0 atom stereocenters. The van der Waals surface area contributed by atoms with E-state index in [1.807, 2.05) is 30.9 Å². The molecule has 0 saturated heterocycles. The largest absolute Gasteiger partial charge is 0.490 e. The van der Waals surface area contributed by atoms with Gasteiger partial charge in [-0.1, -0.05) is 11.6 Å². The third-order valence-electron chi connectivity index (χ3n) is 4.53. The highest BCUT2D eigenvalue weighted by molar-refractivity contribution is 6.30. The van der Waals surface area contributed by atoms with Gasteiger partial charge in [0.2, 0.25) is 5.91 Å². The highest BCUT2D eigenvalue weighted by Crippen LogP contribution is 2.34. The normalized spacial score (nSPS) is 13.7. The van der Waals surface area contributed by atoms with Crippen molar-refractivity contribution < 1.29 is 18.7 Å². The first-order valence-electron chi connectivity index (χ1n) is 9.38. The summed E-state index contributed by atoms with van der Waals surface area (Å²) < 4.78 is 25.2. The Morgan fingerprint density at radius 2 is 1.82 bits per heavy atom. The fourth-order valence-corrected chi connectivity index (χ4v) is 3.45. The van der Waals surface area contributed by atoms with Crippen molar-refractivity contribution in [3.63, 3.8) is 0 Å². The van der Waals surface area contributed by atoms with E-state index >= 15 is 0 Å². The Labute approximate surface area is 169 Å². The molecular weight excluding hydrogens is 383 g/mol. The van der Waals surface area contributed by atoms with Gasteiger partial charge in [-0.2, -0.15) is 0 Å². The van der Waals surface area contributed by atoms with E-state index in [2.05, 4.69) is 5.32 Å². The molecule has 5 nitrogen and oxygen atoms in total. The van der Waals surface area contributed by atoms with Crippen LogP contribution < -0.4 is 14.8 Å². The minimum absolute atomic E-state index is 0.0925. The monoisotopic (exact) mass is 406 g/mol. The van der Waals surface area contributed by atoms with E-state index < -0.39 is 5.82 Å². The lowest BCUT2D eigenvalue weighted by Gasteiger charge is -2.29. The standard InChI is InChI=1S/C21H24ClFN2O3/c1-3-27-19-9-14-7-8-25(12-15(14)10-20(19)28-4-2)13-21(26)24-18-11-16(22)5-6-17(18)23/h5-6,9-11H,3-4,7-8,12-13H2,1-2H3,(H,24,26). The molecule has 3 rings (SSSR count). The van der Waals surface area contributed by atoms with E-state index in [4.69, 9.17) is 21.1 Å². The molecule has 2 aromatic rings. The molecule has 1 N–H and O–H groups in total. The first-order valence-corrected chi connectivity index (χ1v) is 9.76. The van der Waals surface area contributed by atoms with Crippen LogP contribution in [0.25, 0.3) is 0 Å². The Morgan fingerprint density at radius 1 is 1.14 bits per heavy atom. The maximum absolute atomic E-state index is 13.8. The van der Waals surface area contributed by atoms with Crippen LogP contribution in [0.15, 0.2) is 30.3 Å². The number of carbonyl (C=O) groups excluding carboxylic acids is 1. The molecule has 1 amide bonds. The van der Waals surface area contributed by atoms with Crippen LogP contribution in [0.3, 0.4) is 0 Å². The Bertz CT molecular complexity index is 860. The van der Waals surface area contributed by atoms with Crippen molar-refractivity contribution in [2.45, 2.75) is 26.8 Å². The number of hydrogen-bond donors (Lipinski definition) is 1. The van der Waals surface area contributed by atoms with E-state index in [1.165, 1.54) is 23.8 Å². The summed E-state index contributed by atoms with van der Waals surface area (Å²) in [5.74, 6) is 0.688. The number of rotatable bonds is 7. The molecule has 0 aromatic heterocycles. The molecule has 1 aliphatic rings. The number of nitrogens with zero attached hydrogens (tertiary/aromatic N) is 1. The Hall–Kier alpha value is -2.31. The third-order valence-corrected chi connectivity index (χ3v) is 4.76. The third kappa shape index (κ3) is 4.94. The van der Waals surface area contributed by atoms with Crippen LogP contribution in [0, 0.1) is 5.82 Å². The molecule has 0 bridgehead atoms. The predicted octanol–water partition coefficient (Wildman–Crippen LogP) is 4.27. The van der Waals surface area contributed by atoms with Gasteiger partial charge in [-0.05, 0) is 61.7 Å². The van der Waals surface area contributed by atoms with Crippen molar-refractivity contribution >= 4 is 23.2 Å². The second-order valence-electron chi connectivity index (χ2n) is 6.57. The molecule has 0 fully saturated rings. The Balaban J connectivity index is 1.68. The van der Waals surface area contributed by atoms with Crippen LogP contribution in [-0.2, 0) is 17.8 Å². The Kier molecular flexibility index (Phi) is 6.75. The molecular formula is C21H24ClFN2O3. The van der Waals surface area contributed by atoms with Crippen molar-refractivity contribution in [2.75, 3.05) is 31.6 Å².